The van der Waals surface area contributed by atoms with E-state index in [1.54, 1.807) is 0 Å². The molecule has 7 nitrogen and oxygen atoms in total. The van der Waals surface area contributed by atoms with Gasteiger partial charge in [0.2, 0.25) is 5.91 Å². The zero-order valence-electron chi connectivity index (χ0n) is 24.1. The number of nitrogens with zero attached hydrogens (tertiary/aromatic N) is 6. The summed E-state index contributed by atoms with van der Waals surface area (Å²) in [5.74, 6) is 1.85. The van der Waals surface area contributed by atoms with E-state index in [1.807, 2.05) is 35.4 Å². The molecule has 0 spiro atoms. The molecule has 5 rings (SSSR count). The van der Waals surface area contributed by atoms with E-state index in [2.05, 4.69) is 70.1 Å². The highest BCUT2D eigenvalue weighted by Crippen LogP contribution is 2.41. The Kier molecular flexibility index (Phi) is 7.69. The van der Waals surface area contributed by atoms with Crippen molar-refractivity contribution in [3.05, 3.63) is 82.7 Å². The fourth-order valence-corrected chi connectivity index (χ4v) is 6.03. The monoisotopic (exact) mass is 556 g/mol. The van der Waals surface area contributed by atoms with Crippen molar-refractivity contribution in [2.75, 3.05) is 24.7 Å². The van der Waals surface area contributed by atoms with E-state index in [0.717, 1.165) is 51.0 Å². The summed E-state index contributed by atoms with van der Waals surface area (Å²) in [6.45, 7) is 18.0. The van der Waals surface area contributed by atoms with Crippen molar-refractivity contribution in [2.24, 2.45) is 4.99 Å². The second-order valence-electron chi connectivity index (χ2n) is 11.1. The van der Waals surface area contributed by atoms with E-state index in [4.69, 9.17) is 26.6 Å². The van der Waals surface area contributed by atoms with Gasteiger partial charge in [0.15, 0.2) is 0 Å². The number of hydrogen-bond donors (Lipinski definition) is 0. The molecule has 2 unspecified atom stereocenters. The number of pyridine rings is 2. The molecule has 1 amide bonds. The van der Waals surface area contributed by atoms with Gasteiger partial charge in [0.1, 0.15) is 18.3 Å². The van der Waals surface area contributed by atoms with Gasteiger partial charge in [-0.3, -0.25) is 9.78 Å². The second kappa shape index (κ2) is 11.0. The summed E-state index contributed by atoms with van der Waals surface area (Å²) in [7, 11) is 0. The molecule has 208 valence electrons. The first-order valence-electron chi connectivity index (χ1n) is 13.9. The van der Waals surface area contributed by atoms with Gasteiger partial charge in [0.25, 0.3) is 0 Å². The van der Waals surface area contributed by atoms with Crippen molar-refractivity contribution in [3.63, 3.8) is 0 Å². The van der Waals surface area contributed by atoms with Crippen LogP contribution in [0.5, 0.6) is 0 Å². The summed E-state index contributed by atoms with van der Waals surface area (Å²) in [5.41, 5.74) is 6.92. The number of carbonyl (C=O) groups is 1. The molecule has 0 bridgehead atoms. The van der Waals surface area contributed by atoms with Crippen LogP contribution in [0.4, 0.5) is 11.5 Å². The lowest BCUT2D eigenvalue weighted by Crippen LogP contribution is -2.59. The molecular formula is C32H37ClN6O. The topological polar surface area (TPSA) is 64.9 Å². The number of hydrogen-bond acceptors (Lipinski definition) is 6. The number of rotatable bonds is 4. The number of aromatic nitrogens is 2. The third-order valence-electron chi connectivity index (χ3n) is 7.90. The van der Waals surface area contributed by atoms with Gasteiger partial charge in [-0.2, -0.15) is 0 Å². The number of carbonyl (C=O) groups excluding carboxylic acids is 1. The van der Waals surface area contributed by atoms with Crippen LogP contribution in [0.1, 0.15) is 56.0 Å². The number of aliphatic imine (C=N–C) groups is 1. The van der Waals surface area contributed by atoms with Gasteiger partial charge in [0.05, 0.1) is 27.7 Å². The average Bonchev–Trinajstić information content (AvgIpc) is 2.93. The minimum atomic E-state index is -0.0444. The van der Waals surface area contributed by atoms with E-state index in [0.29, 0.717) is 24.8 Å². The highest BCUT2D eigenvalue weighted by atomic mass is 35.5. The Morgan fingerprint density at radius 3 is 2.52 bits per heavy atom. The number of aryl methyl sites for hydroxylation is 2. The van der Waals surface area contributed by atoms with Gasteiger partial charge in [-0.1, -0.05) is 56.3 Å². The maximum Gasteiger partial charge on any atom is 0.246 e. The quantitative estimate of drug-likeness (QED) is 0.343. The highest BCUT2D eigenvalue weighted by Gasteiger charge is 2.37. The predicted molar refractivity (Wildman–Crippen MR) is 164 cm³/mol. The minimum absolute atomic E-state index is 0.00802. The van der Waals surface area contributed by atoms with Crippen LogP contribution in [0.2, 0.25) is 5.02 Å². The number of amidine groups is 1. The molecule has 3 aromatic rings. The number of piperazine rings is 1. The third-order valence-corrected chi connectivity index (χ3v) is 8.19. The Morgan fingerprint density at radius 2 is 1.82 bits per heavy atom. The van der Waals surface area contributed by atoms with Crippen LogP contribution >= 0.6 is 11.6 Å². The number of benzene rings is 1. The van der Waals surface area contributed by atoms with E-state index < -0.39 is 0 Å². The Balaban J connectivity index is 1.67. The lowest BCUT2D eigenvalue weighted by atomic mass is 10.00. The first-order valence-corrected chi connectivity index (χ1v) is 14.2. The zero-order chi connectivity index (χ0) is 28.7. The fraction of sp³-hybridized carbons (Fsp3) is 0.375. The van der Waals surface area contributed by atoms with Crippen molar-refractivity contribution in [1.29, 1.82) is 0 Å². The Hall–Kier alpha value is -3.71. The molecule has 0 saturated carbocycles. The molecule has 1 fully saturated rings. The van der Waals surface area contributed by atoms with E-state index >= 15 is 0 Å². The molecule has 8 heteroatoms. The minimum Gasteiger partial charge on any atom is -0.350 e. The number of halogens is 1. The van der Waals surface area contributed by atoms with E-state index in [-0.39, 0.29) is 23.9 Å². The van der Waals surface area contributed by atoms with Crippen LogP contribution in [-0.2, 0) is 4.79 Å². The second-order valence-corrected chi connectivity index (χ2v) is 11.5. The van der Waals surface area contributed by atoms with Crippen LogP contribution < -0.4 is 4.90 Å². The smallest absolute Gasteiger partial charge is 0.246 e. The van der Waals surface area contributed by atoms with Crippen LogP contribution in [-0.4, -0.2) is 63.4 Å². The van der Waals surface area contributed by atoms with Crippen molar-refractivity contribution in [2.45, 2.75) is 59.5 Å². The lowest BCUT2D eigenvalue weighted by molar-refractivity contribution is -0.130. The van der Waals surface area contributed by atoms with Crippen molar-refractivity contribution < 1.29 is 4.79 Å². The molecule has 2 aliphatic rings. The molecular weight excluding hydrogens is 520 g/mol. The van der Waals surface area contributed by atoms with E-state index in [1.165, 1.54) is 6.08 Å². The largest absolute Gasteiger partial charge is 0.350 e. The maximum absolute atomic E-state index is 12.5. The van der Waals surface area contributed by atoms with Gasteiger partial charge >= 0.3 is 0 Å². The molecule has 4 heterocycles. The Bertz CT molecular complexity index is 1500. The summed E-state index contributed by atoms with van der Waals surface area (Å²) < 4.78 is 0. The van der Waals surface area contributed by atoms with Crippen molar-refractivity contribution in [3.8, 4) is 11.3 Å². The zero-order valence-corrected chi connectivity index (χ0v) is 24.9. The molecule has 1 saturated heterocycles. The van der Waals surface area contributed by atoms with Gasteiger partial charge in [-0.05, 0) is 62.9 Å². The van der Waals surface area contributed by atoms with Crippen molar-refractivity contribution >= 4 is 34.8 Å². The van der Waals surface area contributed by atoms with Crippen LogP contribution in [0.15, 0.2) is 60.2 Å². The molecule has 2 atom stereocenters. The predicted octanol–water partition coefficient (Wildman–Crippen LogP) is 6.50. The normalized spacial score (nSPS) is 19.0. The standard InChI is InChI=1S/C32H37ClN6O/c1-8-27(40)37-16-23(7)38(17-22(37)6)31-25-15-26(33)29(24-12-10-9-11-20(24)4)36-32(25)39(18-35-31)30-21(5)13-14-34-28(30)19(2)3/h8-15,19,22-23H,1,16-18H2,2-7H3. The molecule has 2 aromatic heterocycles. The van der Waals surface area contributed by atoms with Crippen molar-refractivity contribution in [1.82, 2.24) is 19.8 Å². The van der Waals surface area contributed by atoms with E-state index in [9.17, 15) is 4.79 Å². The fourth-order valence-electron chi connectivity index (χ4n) is 5.78. The van der Waals surface area contributed by atoms with Gasteiger partial charge in [-0.15, -0.1) is 0 Å². The summed E-state index contributed by atoms with van der Waals surface area (Å²) >= 11 is 7.00. The Morgan fingerprint density at radius 1 is 1.07 bits per heavy atom. The van der Waals surface area contributed by atoms with Gasteiger partial charge < -0.3 is 14.7 Å². The summed E-state index contributed by atoms with van der Waals surface area (Å²) in [6, 6.07) is 12.3. The molecule has 1 aromatic carbocycles. The SMILES string of the molecule is C=CC(=O)N1CC(C)N(C2=NCN(c3c(C)ccnc3C(C)C)c3nc(-c4ccccc4C)c(Cl)cc32)CC1C. The first-order chi connectivity index (χ1) is 19.1. The Labute approximate surface area is 242 Å². The number of fused-ring (bicyclic) bond motifs is 1. The molecule has 0 radical (unpaired) electrons. The van der Waals surface area contributed by atoms with Crippen LogP contribution in [0, 0.1) is 13.8 Å². The summed E-state index contributed by atoms with van der Waals surface area (Å²) in [4.78, 5) is 34.0. The third kappa shape index (κ3) is 4.87. The number of amides is 1. The number of anilines is 2. The molecule has 40 heavy (non-hydrogen) atoms. The highest BCUT2D eigenvalue weighted by molar-refractivity contribution is 6.33. The van der Waals surface area contributed by atoms with Crippen LogP contribution in [0.25, 0.3) is 11.3 Å². The lowest BCUT2D eigenvalue weighted by Gasteiger charge is -2.46. The molecule has 0 N–H and O–H groups in total. The molecule has 2 aliphatic heterocycles. The summed E-state index contributed by atoms with van der Waals surface area (Å²) in [5, 5.41) is 0.579. The summed E-state index contributed by atoms with van der Waals surface area (Å²) in [6.07, 6.45) is 3.26. The van der Waals surface area contributed by atoms with Gasteiger partial charge in [0, 0.05) is 36.9 Å². The first kappa shape index (κ1) is 27.8. The average molecular weight is 557 g/mol. The molecule has 0 aliphatic carbocycles. The maximum atomic E-state index is 12.5. The van der Waals surface area contributed by atoms with Gasteiger partial charge in [-0.25, -0.2) is 9.98 Å². The van der Waals surface area contributed by atoms with Crippen LogP contribution in [0.3, 0.4) is 0 Å².